The molecule has 33 heavy (non-hydrogen) atoms. The van der Waals surface area contributed by atoms with Crippen LogP contribution in [0.3, 0.4) is 0 Å². The lowest BCUT2D eigenvalue weighted by molar-refractivity contribution is 0.294. The smallest absolute Gasteiger partial charge is 0.0868 e. The number of nitrogen functional groups attached to an aromatic ring is 1. The zero-order valence-electron chi connectivity index (χ0n) is 20.0. The van der Waals surface area contributed by atoms with Gasteiger partial charge in [0.05, 0.1) is 11.4 Å². The minimum atomic E-state index is 0.335. The van der Waals surface area contributed by atoms with Gasteiger partial charge in [0.1, 0.15) is 0 Å². The van der Waals surface area contributed by atoms with Crippen LogP contribution in [0.25, 0.3) is 16.5 Å². The first kappa shape index (κ1) is 24.2. The Labute approximate surface area is 196 Å². The van der Waals surface area contributed by atoms with E-state index < -0.39 is 0 Å². The van der Waals surface area contributed by atoms with Gasteiger partial charge < -0.3 is 31.2 Å². The van der Waals surface area contributed by atoms with Crippen LogP contribution in [0.2, 0.25) is 0 Å². The predicted molar refractivity (Wildman–Crippen MR) is 140 cm³/mol. The quantitative estimate of drug-likeness (QED) is 0.229. The molecule has 0 aliphatic heterocycles. The Morgan fingerprint density at radius 2 is 1.88 bits per heavy atom. The van der Waals surface area contributed by atoms with Gasteiger partial charge in [-0.25, -0.2) is 0 Å². The first-order chi connectivity index (χ1) is 15.8. The maximum absolute atomic E-state index is 8.80. The molecule has 174 valence electrons. The fourth-order valence-electron chi connectivity index (χ4n) is 3.92. The van der Waals surface area contributed by atoms with Crippen molar-refractivity contribution in [1.29, 1.82) is 10.8 Å². The van der Waals surface area contributed by atoms with Gasteiger partial charge in [-0.3, -0.25) is 5.41 Å². The van der Waals surface area contributed by atoms with Crippen LogP contribution in [0.5, 0.6) is 0 Å². The van der Waals surface area contributed by atoms with Crippen molar-refractivity contribution in [3.63, 3.8) is 0 Å². The van der Waals surface area contributed by atoms with E-state index in [4.69, 9.17) is 16.6 Å². The average Bonchev–Trinajstić information content (AvgIpc) is 3.20. The lowest BCUT2D eigenvalue weighted by Gasteiger charge is -2.18. The van der Waals surface area contributed by atoms with E-state index >= 15 is 0 Å². The Kier molecular flexibility index (Phi) is 8.03. The molecule has 6 N–H and O–H groups in total. The highest BCUT2D eigenvalue weighted by Gasteiger charge is 2.14. The summed E-state index contributed by atoms with van der Waals surface area (Å²) in [7, 11) is 8.15. The van der Waals surface area contributed by atoms with Crippen LogP contribution in [0.4, 0.5) is 5.69 Å². The summed E-state index contributed by atoms with van der Waals surface area (Å²) in [5, 5.41) is 20.5. The molecule has 1 heterocycles. The van der Waals surface area contributed by atoms with Gasteiger partial charge in [0.25, 0.3) is 0 Å². The van der Waals surface area contributed by atoms with Crippen molar-refractivity contribution >= 4 is 34.1 Å². The van der Waals surface area contributed by atoms with Gasteiger partial charge in [-0.05, 0) is 82.1 Å². The summed E-state index contributed by atoms with van der Waals surface area (Å²) in [5.74, 6) is 0. The number of hydrogen-bond acceptors (Lipinski definition) is 6. The van der Waals surface area contributed by atoms with E-state index in [1.165, 1.54) is 11.8 Å². The number of nitrogens with two attached hydrogens (primary N) is 1. The molecule has 0 amide bonds. The SMILES string of the molecule is CN/C=C(\C=N)c1ccc(N)c(C(=N)c2cc3cc(CN(C)CCCN(C)C)ccc3[nH]2)c1. The largest absolute Gasteiger partial charge is 0.398 e. The molecule has 0 bridgehead atoms. The molecule has 3 aromatic rings. The fourth-order valence-corrected chi connectivity index (χ4v) is 3.92. The monoisotopic (exact) mass is 445 g/mol. The van der Waals surface area contributed by atoms with Crippen molar-refractivity contribution in [3.05, 3.63) is 71.0 Å². The highest BCUT2D eigenvalue weighted by Crippen LogP contribution is 2.24. The molecule has 7 heteroatoms. The molecule has 3 rings (SSSR count). The molecular formula is C26H35N7. The molecular weight excluding hydrogens is 410 g/mol. The number of benzene rings is 2. The Morgan fingerprint density at radius 1 is 1.09 bits per heavy atom. The van der Waals surface area contributed by atoms with Gasteiger partial charge in [-0.1, -0.05) is 12.1 Å². The highest BCUT2D eigenvalue weighted by atomic mass is 15.1. The van der Waals surface area contributed by atoms with Crippen molar-refractivity contribution < 1.29 is 0 Å². The number of nitrogens with one attached hydrogen (secondary N) is 4. The zero-order chi connectivity index (χ0) is 24.0. The molecule has 0 aliphatic carbocycles. The lowest BCUT2D eigenvalue weighted by atomic mass is 9.99. The molecule has 0 radical (unpaired) electrons. The third-order valence-corrected chi connectivity index (χ3v) is 5.66. The number of aromatic nitrogens is 1. The summed E-state index contributed by atoms with van der Waals surface area (Å²) in [6.07, 6.45) is 4.19. The standard InChI is InChI=1S/C26H35N7/c1-30-16-21(15-27)19-7-8-23(28)22(13-19)26(29)25-14-20-12-18(6-9-24(20)31-25)17-33(4)11-5-10-32(2)3/h6-9,12-16,27,29-31H,5,10-11,17,28H2,1-4H3/b21-16+,27-15?,29-26?. The van der Waals surface area contributed by atoms with Gasteiger partial charge >= 0.3 is 0 Å². The van der Waals surface area contributed by atoms with E-state index in [-0.39, 0.29) is 0 Å². The number of H-pyrrole nitrogens is 1. The lowest BCUT2D eigenvalue weighted by Crippen LogP contribution is -2.23. The van der Waals surface area contributed by atoms with Crippen LogP contribution in [-0.4, -0.2) is 68.0 Å². The molecule has 0 saturated heterocycles. The highest BCUT2D eigenvalue weighted by molar-refractivity contribution is 6.16. The van der Waals surface area contributed by atoms with Crippen molar-refractivity contribution in [2.24, 2.45) is 0 Å². The third kappa shape index (κ3) is 6.09. The van der Waals surface area contributed by atoms with Crippen molar-refractivity contribution in [2.75, 3.05) is 47.0 Å². The number of nitrogens with zero attached hydrogens (tertiary/aromatic N) is 2. The van der Waals surface area contributed by atoms with Crippen LogP contribution >= 0.6 is 0 Å². The molecule has 0 aliphatic rings. The molecule has 1 aromatic heterocycles. The second kappa shape index (κ2) is 10.9. The Balaban J connectivity index is 1.81. The first-order valence-electron chi connectivity index (χ1n) is 11.1. The van der Waals surface area contributed by atoms with E-state index in [0.29, 0.717) is 17.0 Å². The summed E-state index contributed by atoms with van der Waals surface area (Å²) in [5.41, 5.74) is 12.3. The summed E-state index contributed by atoms with van der Waals surface area (Å²) in [6, 6.07) is 14.0. The van der Waals surface area contributed by atoms with Crippen LogP contribution < -0.4 is 11.1 Å². The molecule has 0 unspecified atom stereocenters. The van der Waals surface area contributed by atoms with Gasteiger partial charge in [0.2, 0.25) is 0 Å². The Bertz CT molecular complexity index is 1160. The number of anilines is 1. The summed E-state index contributed by atoms with van der Waals surface area (Å²) in [4.78, 5) is 7.91. The van der Waals surface area contributed by atoms with E-state index in [9.17, 15) is 0 Å². The normalized spacial score (nSPS) is 12.0. The Hall–Kier alpha value is -3.42. The van der Waals surface area contributed by atoms with Crippen molar-refractivity contribution in [2.45, 2.75) is 13.0 Å². The minimum absolute atomic E-state index is 0.335. The van der Waals surface area contributed by atoms with Crippen LogP contribution in [0.15, 0.2) is 48.7 Å². The maximum atomic E-state index is 8.80. The number of hydrogen-bond donors (Lipinski definition) is 5. The second-order valence-corrected chi connectivity index (χ2v) is 8.71. The molecule has 7 nitrogen and oxygen atoms in total. The van der Waals surface area contributed by atoms with E-state index in [1.807, 2.05) is 18.2 Å². The molecule has 0 saturated carbocycles. The fraction of sp³-hybridized carbons (Fsp3) is 0.308. The van der Waals surface area contributed by atoms with Crippen LogP contribution in [-0.2, 0) is 6.54 Å². The topological polar surface area (TPSA) is 108 Å². The van der Waals surface area contributed by atoms with E-state index in [1.54, 1.807) is 19.3 Å². The number of allylic oxidation sites excluding steroid dienone is 1. The third-order valence-electron chi connectivity index (χ3n) is 5.66. The molecule has 0 fully saturated rings. The summed E-state index contributed by atoms with van der Waals surface area (Å²) >= 11 is 0. The average molecular weight is 446 g/mol. The van der Waals surface area contributed by atoms with Gasteiger partial charge in [-0.15, -0.1) is 0 Å². The van der Waals surface area contributed by atoms with E-state index in [2.05, 4.69) is 59.4 Å². The molecule has 0 spiro atoms. The maximum Gasteiger partial charge on any atom is 0.0868 e. The number of rotatable bonds is 11. The van der Waals surface area contributed by atoms with Crippen LogP contribution in [0, 0.1) is 10.8 Å². The Morgan fingerprint density at radius 3 is 2.58 bits per heavy atom. The van der Waals surface area contributed by atoms with Crippen LogP contribution in [0.1, 0.15) is 28.8 Å². The predicted octanol–water partition coefficient (Wildman–Crippen LogP) is 3.76. The second-order valence-electron chi connectivity index (χ2n) is 8.71. The van der Waals surface area contributed by atoms with Gasteiger partial charge in [0, 0.05) is 53.7 Å². The van der Waals surface area contributed by atoms with Gasteiger partial charge in [-0.2, -0.15) is 0 Å². The van der Waals surface area contributed by atoms with Crippen molar-refractivity contribution in [1.82, 2.24) is 20.1 Å². The van der Waals surface area contributed by atoms with E-state index in [0.717, 1.165) is 53.8 Å². The van der Waals surface area contributed by atoms with Crippen molar-refractivity contribution in [3.8, 4) is 0 Å². The summed E-state index contributed by atoms with van der Waals surface area (Å²) < 4.78 is 0. The zero-order valence-corrected chi connectivity index (χ0v) is 20.0. The first-order valence-corrected chi connectivity index (χ1v) is 11.1. The number of aromatic amines is 1. The molecule has 2 aromatic carbocycles. The van der Waals surface area contributed by atoms with Gasteiger partial charge in [0.15, 0.2) is 0 Å². The summed E-state index contributed by atoms with van der Waals surface area (Å²) in [6.45, 7) is 3.03. The number of fused-ring (bicyclic) bond motifs is 1. The molecule has 0 atom stereocenters. The minimum Gasteiger partial charge on any atom is -0.398 e.